The fourth-order valence-electron chi connectivity index (χ4n) is 4.87. The normalized spacial score (nSPS) is 14.5. The number of amides is 1. The van der Waals surface area contributed by atoms with Crippen molar-refractivity contribution < 1.29 is 40.7 Å². The number of hydrogen-bond acceptors (Lipinski definition) is 6. The molecule has 0 unspecified atom stereocenters. The minimum atomic E-state index is -4.51. The number of ether oxygens (including phenoxy) is 2. The molecule has 0 fully saturated rings. The molecule has 12 heteroatoms. The Balaban J connectivity index is 1.34. The molecule has 4 aromatic carbocycles. The summed E-state index contributed by atoms with van der Waals surface area (Å²) in [7, 11) is -2.99. The molecule has 0 saturated heterocycles. The number of fused-ring (bicyclic) bond motifs is 1. The molecule has 0 radical (unpaired) electrons. The summed E-state index contributed by atoms with van der Waals surface area (Å²) in [6.07, 6.45) is -4.36. The van der Waals surface area contributed by atoms with Gasteiger partial charge in [0.25, 0.3) is 10.0 Å². The Morgan fingerprint density at radius 3 is 2.30 bits per heavy atom. The van der Waals surface area contributed by atoms with Crippen molar-refractivity contribution in [3.8, 4) is 16.9 Å². The van der Waals surface area contributed by atoms with Crippen LogP contribution in [0.4, 0.5) is 18.9 Å². The number of hydrogen-bond donors (Lipinski definition) is 1. The molecule has 44 heavy (non-hydrogen) atoms. The van der Waals surface area contributed by atoms with E-state index in [1.165, 1.54) is 43.5 Å². The quantitative estimate of drug-likeness (QED) is 0.252. The van der Waals surface area contributed by atoms with Gasteiger partial charge in [-0.2, -0.15) is 13.2 Å². The van der Waals surface area contributed by atoms with Crippen LogP contribution in [0.15, 0.2) is 102 Å². The number of carbonyl (C=O) groups excluding carboxylic acids is 2. The van der Waals surface area contributed by atoms with E-state index in [4.69, 9.17) is 4.74 Å². The first kappa shape index (κ1) is 30.6. The topological polar surface area (TPSA) is 102 Å². The average molecular weight is 625 g/mol. The number of esters is 1. The van der Waals surface area contributed by atoms with E-state index in [1.54, 1.807) is 48.5 Å². The first-order valence-corrected chi connectivity index (χ1v) is 14.9. The van der Waals surface area contributed by atoms with Crippen molar-refractivity contribution in [1.29, 1.82) is 0 Å². The summed E-state index contributed by atoms with van der Waals surface area (Å²) in [6, 6.07) is 22.8. The van der Waals surface area contributed by atoms with Gasteiger partial charge < -0.3 is 14.8 Å². The molecule has 0 aromatic heterocycles. The summed E-state index contributed by atoms with van der Waals surface area (Å²) in [4.78, 5) is 24.6. The monoisotopic (exact) mass is 624 g/mol. The number of halogens is 3. The van der Waals surface area contributed by atoms with Gasteiger partial charge in [0.1, 0.15) is 11.8 Å². The highest BCUT2D eigenvalue weighted by Crippen LogP contribution is 2.38. The standard InChI is InChI=1S/C32H27F3N2O6S/c1-42-30(38)20-43-26-13-9-21(10-14-26)19-36-31(39)29-18-24-5-2-3-8-28(24)37(29)44(40,41)27-15-11-22(12-16-27)23-6-4-7-25(17-23)32(33,34)35/h2-17,29H,18-20H2,1H3,(H,36,39)/t29-/m0/s1. The number of sulfonamides is 1. The van der Waals surface area contributed by atoms with Crippen LogP contribution in [0.25, 0.3) is 11.1 Å². The lowest BCUT2D eigenvalue weighted by Gasteiger charge is -2.26. The summed E-state index contributed by atoms with van der Waals surface area (Å²) in [5.41, 5.74) is 1.67. The second kappa shape index (κ2) is 12.4. The first-order chi connectivity index (χ1) is 21.0. The van der Waals surface area contributed by atoms with Crippen molar-refractivity contribution in [2.24, 2.45) is 0 Å². The first-order valence-electron chi connectivity index (χ1n) is 13.4. The van der Waals surface area contributed by atoms with E-state index >= 15 is 0 Å². The van der Waals surface area contributed by atoms with E-state index in [2.05, 4.69) is 10.1 Å². The van der Waals surface area contributed by atoms with Gasteiger partial charge in [-0.3, -0.25) is 9.10 Å². The predicted molar refractivity (Wildman–Crippen MR) is 156 cm³/mol. The highest BCUT2D eigenvalue weighted by Gasteiger charge is 2.42. The maximum Gasteiger partial charge on any atom is 0.416 e. The zero-order valence-electron chi connectivity index (χ0n) is 23.4. The smallest absolute Gasteiger partial charge is 0.416 e. The Morgan fingerprint density at radius 1 is 0.909 bits per heavy atom. The number of nitrogens with one attached hydrogen (secondary N) is 1. The van der Waals surface area contributed by atoms with Crippen LogP contribution in [0.5, 0.6) is 5.75 Å². The summed E-state index contributed by atoms with van der Waals surface area (Å²) >= 11 is 0. The Bertz CT molecular complexity index is 1780. The molecule has 0 bridgehead atoms. The maximum atomic E-state index is 13.9. The third kappa shape index (κ3) is 6.55. The Hall–Kier alpha value is -4.84. The molecular formula is C32H27F3N2O6S. The van der Waals surface area contributed by atoms with E-state index in [-0.39, 0.29) is 30.0 Å². The summed E-state index contributed by atoms with van der Waals surface area (Å²) in [5.74, 6) is -0.588. The Kier molecular flexibility index (Phi) is 8.63. The lowest BCUT2D eigenvalue weighted by atomic mass is 10.0. The number of alkyl halides is 3. The number of anilines is 1. The minimum Gasteiger partial charge on any atom is -0.482 e. The van der Waals surface area contributed by atoms with Gasteiger partial charge >= 0.3 is 12.1 Å². The van der Waals surface area contributed by atoms with Crippen molar-refractivity contribution >= 4 is 27.6 Å². The molecule has 1 atom stereocenters. The van der Waals surface area contributed by atoms with E-state index in [9.17, 15) is 31.2 Å². The number of nitrogens with zero attached hydrogens (tertiary/aromatic N) is 1. The molecule has 8 nitrogen and oxygen atoms in total. The molecule has 0 aliphatic carbocycles. The molecule has 1 aliphatic rings. The van der Waals surface area contributed by atoms with E-state index in [1.807, 2.05) is 0 Å². The van der Waals surface area contributed by atoms with Crippen LogP contribution in [0, 0.1) is 0 Å². The van der Waals surface area contributed by atoms with Gasteiger partial charge in [-0.15, -0.1) is 0 Å². The fraction of sp³-hybridized carbons (Fsp3) is 0.188. The molecule has 228 valence electrons. The molecule has 1 aliphatic heterocycles. The average Bonchev–Trinajstić information content (AvgIpc) is 3.43. The van der Waals surface area contributed by atoms with Gasteiger partial charge in [0, 0.05) is 13.0 Å². The van der Waals surface area contributed by atoms with Crippen molar-refractivity contribution in [3.05, 3.63) is 114 Å². The second-order valence-corrected chi connectivity index (χ2v) is 11.8. The molecule has 5 rings (SSSR count). The van der Waals surface area contributed by atoms with E-state index in [0.717, 1.165) is 22.0 Å². The van der Waals surface area contributed by atoms with Crippen LogP contribution >= 0.6 is 0 Å². The van der Waals surface area contributed by atoms with Gasteiger partial charge in [0.2, 0.25) is 5.91 Å². The summed E-state index contributed by atoms with van der Waals surface area (Å²) in [5, 5.41) is 2.80. The summed E-state index contributed by atoms with van der Waals surface area (Å²) in [6.45, 7) is -0.129. The number of rotatable bonds is 9. The van der Waals surface area contributed by atoms with Crippen LogP contribution < -0.4 is 14.4 Å². The Labute approximate surface area is 252 Å². The predicted octanol–water partition coefficient (Wildman–Crippen LogP) is 5.36. The number of carbonyl (C=O) groups is 2. The molecular weight excluding hydrogens is 597 g/mol. The van der Waals surface area contributed by atoms with Gasteiger partial charge in [-0.25, -0.2) is 13.2 Å². The van der Waals surface area contributed by atoms with Crippen LogP contribution in [0.1, 0.15) is 16.7 Å². The summed E-state index contributed by atoms with van der Waals surface area (Å²) < 4.78 is 78.4. The third-order valence-electron chi connectivity index (χ3n) is 7.14. The van der Waals surface area contributed by atoms with Crippen LogP contribution in [-0.4, -0.2) is 40.1 Å². The van der Waals surface area contributed by atoms with Crippen LogP contribution in [0.3, 0.4) is 0 Å². The van der Waals surface area contributed by atoms with Crippen molar-refractivity contribution in [2.45, 2.75) is 30.1 Å². The maximum absolute atomic E-state index is 13.9. The highest BCUT2D eigenvalue weighted by molar-refractivity contribution is 7.93. The van der Waals surface area contributed by atoms with Crippen LogP contribution in [0.2, 0.25) is 0 Å². The zero-order valence-corrected chi connectivity index (χ0v) is 24.2. The van der Waals surface area contributed by atoms with Crippen molar-refractivity contribution in [2.75, 3.05) is 18.0 Å². The zero-order chi connectivity index (χ0) is 31.5. The molecule has 0 saturated carbocycles. The lowest BCUT2D eigenvalue weighted by Crippen LogP contribution is -2.47. The molecule has 1 heterocycles. The molecule has 1 N–H and O–H groups in total. The van der Waals surface area contributed by atoms with Gasteiger partial charge in [0.15, 0.2) is 6.61 Å². The molecule has 0 spiro atoms. The SMILES string of the molecule is COC(=O)COc1ccc(CNC(=O)[C@@H]2Cc3ccccc3N2S(=O)(=O)c2ccc(-c3cccc(C(F)(F)F)c3)cc2)cc1. The highest BCUT2D eigenvalue weighted by atomic mass is 32.2. The van der Waals surface area contributed by atoms with Crippen molar-refractivity contribution in [1.82, 2.24) is 5.32 Å². The number of benzene rings is 4. The Morgan fingerprint density at radius 2 is 1.61 bits per heavy atom. The number of methoxy groups -OCH3 is 1. The second-order valence-electron chi connectivity index (χ2n) is 9.98. The largest absolute Gasteiger partial charge is 0.482 e. The van der Waals surface area contributed by atoms with Gasteiger partial charge in [-0.05, 0) is 64.7 Å². The number of para-hydroxylation sites is 1. The van der Waals surface area contributed by atoms with Crippen LogP contribution in [-0.2, 0) is 43.5 Å². The van der Waals surface area contributed by atoms with E-state index < -0.39 is 39.7 Å². The fourth-order valence-corrected chi connectivity index (χ4v) is 6.52. The molecule has 4 aromatic rings. The lowest BCUT2D eigenvalue weighted by molar-refractivity contribution is -0.143. The van der Waals surface area contributed by atoms with E-state index in [0.29, 0.717) is 22.6 Å². The van der Waals surface area contributed by atoms with Crippen molar-refractivity contribution in [3.63, 3.8) is 0 Å². The third-order valence-corrected chi connectivity index (χ3v) is 8.97. The van der Waals surface area contributed by atoms with Gasteiger partial charge in [0.05, 0.1) is 23.3 Å². The molecule has 1 amide bonds. The minimum absolute atomic E-state index is 0.106. The van der Waals surface area contributed by atoms with Gasteiger partial charge in [-0.1, -0.05) is 54.6 Å².